The Hall–Kier alpha value is -0.510. The van der Waals surface area contributed by atoms with Crippen LogP contribution in [0.4, 0.5) is 0 Å². The van der Waals surface area contributed by atoms with Crippen molar-refractivity contribution in [2.24, 2.45) is 0 Å². The SMILES string of the molecule is CC(=O)NC([C]=O)CS. The van der Waals surface area contributed by atoms with Crippen LogP contribution in [0.5, 0.6) is 0 Å². The van der Waals surface area contributed by atoms with Crippen LogP contribution in [-0.4, -0.2) is 24.0 Å². The Balaban J connectivity index is 3.55. The van der Waals surface area contributed by atoms with Gasteiger partial charge in [-0.3, -0.25) is 9.59 Å². The van der Waals surface area contributed by atoms with Gasteiger partial charge in [-0.15, -0.1) is 0 Å². The molecule has 0 aromatic rings. The van der Waals surface area contributed by atoms with Crippen molar-refractivity contribution in [1.82, 2.24) is 5.32 Å². The molecule has 0 bridgehead atoms. The number of hydrogen-bond donors (Lipinski definition) is 2. The minimum absolute atomic E-state index is 0.239. The summed E-state index contributed by atoms with van der Waals surface area (Å²) in [4.78, 5) is 20.1. The molecule has 0 aliphatic rings. The third kappa shape index (κ3) is 4.02. The van der Waals surface area contributed by atoms with E-state index in [0.717, 1.165) is 0 Å². The van der Waals surface area contributed by atoms with Gasteiger partial charge in [-0.25, -0.2) is 0 Å². The van der Waals surface area contributed by atoms with E-state index in [4.69, 9.17) is 0 Å². The summed E-state index contributed by atoms with van der Waals surface area (Å²) in [6.07, 6.45) is 1.62. The Labute approximate surface area is 59.2 Å². The van der Waals surface area contributed by atoms with Crippen molar-refractivity contribution < 1.29 is 9.59 Å². The summed E-state index contributed by atoms with van der Waals surface area (Å²) >= 11 is 3.79. The summed E-state index contributed by atoms with van der Waals surface area (Å²) < 4.78 is 0. The Morgan fingerprint density at radius 1 is 1.89 bits per heavy atom. The van der Waals surface area contributed by atoms with E-state index in [0.29, 0.717) is 5.75 Å². The lowest BCUT2D eigenvalue weighted by molar-refractivity contribution is -0.119. The smallest absolute Gasteiger partial charge is 0.223 e. The average molecular weight is 146 g/mol. The van der Waals surface area contributed by atoms with E-state index >= 15 is 0 Å². The van der Waals surface area contributed by atoms with Crippen molar-refractivity contribution >= 4 is 24.8 Å². The Bertz CT molecular complexity index is 116. The number of hydrogen-bond acceptors (Lipinski definition) is 3. The minimum Gasteiger partial charge on any atom is -0.345 e. The molecule has 0 fully saturated rings. The number of amides is 1. The number of thiol groups is 1. The van der Waals surface area contributed by atoms with E-state index in [1.807, 2.05) is 0 Å². The number of nitrogens with one attached hydrogen (secondary N) is 1. The number of carbonyl (C=O) groups excluding carboxylic acids is 2. The molecule has 1 amide bonds. The quantitative estimate of drug-likeness (QED) is 0.529. The lowest BCUT2D eigenvalue weighted by Gasteiger charge is -2.04. The van der Waals surface area contributed by atoms with Crippen LogP contribution in [0.15, 0.2) is 0 Å². The average Bonchev–Trinajstić information content (AvgIpc) is 1.82. The van der Waals surface area contributed by atoms with Crippen molar-refractivity contribution in [3.05, 3.63) is 0 Å². The van der Waals surface area contributed by atoms with Crippen molar-refractivity contribution in [3.63, 3.8) is 0 Å². The van der Waals surface area contributed by atoms with Gasteiger partial charge in [-0.2, -0.15) is 12.6 Å². The van der Waals surface area contributed by atoms with Gasteiger partial charge in [0.25, 0.3) is 0 Å². The van der Waals surface area contributed by atoms with Crippen LogP contribution >= 0.6 is 12.6 Å². The predicted molar refractivity (Wildman–Crippen MR) is 37.2 cm³/mol. The van der Waals surface area contributed by atoms with Crippen LogP contribution in [-0.2, 0) is 9.59 Å². The Morgan fingerprint density at radius 3 is 2.56 bits per heavy atom. The maximum absolute atomic E-state index is 10.2. The van der Waals surface area contributed by atoms with E-state index in [-0.39, 0.29) is 5.91 Å². The maximum Gasteiger partial charge on any atom is 0.223 e. The molecule has 0 saturated carbocycles. The molecule has 0 saturated heterocycles. The Morgan fingerprint density at radius 2 is 2.44 bits per heavy atom. The first-order valence-electron chi connectivity index (χ1n) is 2.46. The standard InChI is InChI=1S/C5H8NO2S/c1-4(8)6-5(2-7)3-9/h5,9H,3H2,1H3,(H,6,8). The molecule has 0 rings (SSSR count). The first kappa shape index (κ1) is 8.49. The largest absolute Gasteiger partial charge is 0.345 e. The summed E-state index contributed by atoms with van der Waals surface area (Å²) in [5, 5.41) is 2.34. The summed E-state index contributed by atoms with van der Waals surface area (Å²) in [6.45, 7) is 1.34. The fourth-order valence-electron chi connectivity index (χ4n) is 0.358. The molecule has 0 aromatic carbocycles. The second-order valence-corrected chi connectivity index (χ2v) is 1.92. The highest BCUT2D eigenvalue weighted by Gasteiger charge is 2.04. The molecule has 0 aliphatic heterocycles. The van der Waals surface area contributed by atoms with Crippen molar-refractivity contribution in [2.45, 2.75) is 13.0 Å². The normalized spacial score (nSPS) is 12.2. The molecule has 4 heteroatoms. The first-order chi connectivity index (χ1) is 4.20. The van der Waals surface area contributed by atoms with Gasteiger partial charge in [0.1, 0.15) is 6.04 Å². The number of carbonyl (C=O) groups is 1. The van der Waals surface area contributed by atoms with Gasteiger partial charge in [0.05, 0.1) is 0 Å². The molecular weight excluding hydrogens is 138 g/mol. The highest BCUT2D eigenvalue weighted by molar-refractivity contribution is 7.80. The molecule has 0 aromatic heterocycles. The summed E-state index contributed by atoms with van der Waals surface area (Å²) in [5.41, 5.74) is 0. The van der Waals surface area contributed by atoms with Crippen molar-refractivity contribution in [3.8, 4) is 0 Å². The van der Waals surface area contributed by atoms with Gasteiger partial charge < -0.3 is 5.32 Å². The second kappa shape index (κ2) is 4.38. The van der Waals surface area contributed by atoms with E-state index in [2.05, 4.69) is 17.9 Å². The summed E-state index contributed by atoms with van der Waals surface area (Å²) in [5.74, 6) is 0.0562. The molecule has 0 spiro atoms. The van der Waals surface area contributed by atoms with E-state index in [1.165, 1.54) is 6.92 Å². The molecule has 9 heavy (non-hydrogen) atoms. The van der Waals surface area contributed by atoms with Gasteiger partial charge in [0.2, 0.25) is 12.2 Å². The molecule has 0 heterocycles. The molecule has 0 aliphatic carbocycles. The predicted octanol–water partition coefficient (Wildman–Crippen LogP) is -0.469. The molecular formula is C5H8NO2S. The van der Waals surface area contributed by atoms with Crippen LogP contribution in [0.25, 0.3) is 0 Å². The summed E-state index contributed by atoms with van der Waals surface area (Å²) in [6, 6.07) is -0.564. The highest BCUT2D eigenvalue weighted by Crippen LogP contribution is 1.81. The zero-order valence-electron chi connectivity index (χ0n) is 5.05. The van der Waals surface area contributed by atoms with Crippen LogP contribution < -0.4 is 5.32 Å². The van der Waals surface area contributed by atoms with Crippen LogP contribution in [0, 0.1) is 0 Å². The number of rotatable bonds is 3. The van der Waals surface area contributed by atoms with E-state index in [1.54, 1.807) is 6.29 Å². The van der Waals surface area contributed by atoms with Crippen LogP contribution in [0.1, 0.15) is 6.92 Å². The zero-order chi connectivity index (χ0) is 7.28. The molecule has 3 nitrogen and oxygen atoms in total. The summed E-state index contributed by atoms with van der Waals surface area (Å²) in [7, 11) is 0. The lowest BCUT2D eigenvalue weighted by atomic mass is 10.4. The van der Waals surface area contributed by atoms with Gasteiger partial charge in [-0.05, 0) is 0 Å². The first-order valence-corrected chi connectivity index (χ1v) is 3.09. The Kier molecular flexibility index (Phi) is 4.13. The molecule has 51 valence electrons. The molecule has 1 unspecified atom stereocenters. The molecule has 1 radical (unpaired) electrons. The minimum atomic E-state index is -0.564. The fourth-order valence-corrected chi connectivity index (χ4v) is 0.524. The van der Waals surface area contributed by atoms with Gasteiger partial charge in [0, 0.05) is 12.7 Å². The maximum atomic E-state index is 10.2. The fraction of sp³-hybridized carbons (Fsp3) is 0.600. The van der Waals surface area contributed by atoms with Gasteiger partial charge >= 0.3 is 0 Å². The third-order valence-corrected chi connectivity index (χ3v) is 1.07. The van der Waals surface area contributed by atoms with Crippen molar-refractivity contribution in [2.75, 3.05) is 5.75 Å². The monoisotopic (exact) mass is 146 g/mol. The van der Waals surface area contributed by atoms with Crippen LogP contribution in [0.3, 0.4) is 0 Å². The third-order valence-electron chi connectivity index (χ3n) is 0.702. The molecule has 1 N–H and O–H groups in total. The lowest BCUT2D eigenvalue weighted by Crippen LogP contribution is -2.35. The topological polar surface area (TPSA) is 46.2 Å². The van der Waals surface area contributed by atoms with E-state index < -0.39 is 6.04 Å². The van der Waals surface area contributed by atoms with Gasteiger partial charge in [0.15, 0.2) is 0 Å². The second-order valence-electron chi connectivity index (χ2n) is 1.55. The van der Waals surface area contributed by atoms with Crippen LogP contribution in [0.2, 0.25) is 0 Å². The highest BCUT2D eigenvalue weighted by atomic mass is 32.1. The zero-order valence-corrected chi connectivity index (χ0v) is 5.94. The molecule has 1 atom stereocenters. The van der Waals surface area contributed by atoms with Crippen molar-refractivity contribution in [1.29, 1.82) is 0 Å². The van der Waals surface area contributed by atoms with Gasteiger partial charge in [-0.1, -0.05) is 0 Å². The van der Waals surface area contributed by atoms with E-state index in [9.17, 15) is 9.59 Å².